The minimum Gasteiger partial charge on any atom is -0.241 e. The fraction of sp³-hybridized carbons (Fsp3) is 0.0625. The van der Waals surface area contributed by atoms with Crippen molar-refractivity contribution < 1.29 is 8.78 Å². The van der Waals surface area contributed by atoms with Gasteiger partial charge in [0, 0.05) is 27.9 Å². The Hall–Kier alpha value is -1.59. The number of nitrogens with zero attached hydrogens (tertiary/aromatic N) is 1. The van der Waals surface area contributed by atoms with Crippen molar-refractivity contribution in [3.8, 4) is 11.3 Å². The molecule has 0 N–H and O–H groups in total. The quantitative estimate of drug-likeness (QED) is 0.601. The molecule has 2 aromatic carbocycles. The van der Waals surface area contributed by atoms with E-state index in [2.05, 4.69) is 20.9 Å². The van der Waals surface area contributed by atoms with Crippen LogP contribution in [0.25, 0.3) is 11.3 Å². The van der Waals surface area contributed by atoms with Gasteiger partial charge in [0.1, 0.15) is 11.6 Å². The molecule has 3 rings (SSSR count). The summed E-state index contributed by atoms with van der Waals surface area (Å²) in [6.07, 6.45) is 0.366. The Labute approximate surface area is 133 Å². The van der Waals surface area contributed by atoms with Crippen LogP contribution in [0.3, 0.4) is 0 Å². The second-order valence-corrected chi connectivity index (χ2v) is 6.41. The van der Waals surface area contributed by atoms with E-state index in [0.29, 0.717) is 12.0 Å². The topological polar surface area (TPSA) is 12.9 Å². The molecule has 0 radical (unpaired) electrons. The lowest BCUT2D eigenvalue weighted by Crippen LogP contribution is -1.93. The van der Waals surface area contributed by atoms with Crippen molar-refractivity contribution >= 4 is 27.3 Å². The highest BCUT2D eigenvalue weighted by Crippen LogP contribution is 2.26. The third kappa shape index (κ3) is 3.36. The predicted molar refractivity (Wildman–Crippen MR) is 84.4 cm³/mol. The van der Waals surface area contributed by atoms with Gasteiger partial charge in [0.15, 0.2) is 0 Å². The molecule has 0 unspecified atom stereocenters. The fourth-order valence-corrected chi connectivity index (χ4v) is 3.23. The monoisotopic (exact) mass is 365 g/mol. The molecular weight excluding hydrogens is 356 g/mol. The molecule has 21 heavy (non-hydrogen) atoms. The molecule has 0 amide bonds. The third-order valence-corrected chi connectivity index (χ3v) is 4.37. The molecule has 0 saturated heterocycles. The first-order valence-electron chi connectivity index (χ1n) is 6.26. The average Bonchev–Trinajstić information content (AvgIpc) is 2.91. The van der Waals surface area contributed by atoms with Gasteiger partial charge in [-0.25, -0.2) is 13.8 Å². The Morgan fingerprint density at radius 1 is 1.10 bits per heavy atom. The maximum atomic E-state index is 13.6. The number of hydrogen-bond acceptors (Lipinski definition) is 2. The zero-order valence-corrected chi connectivity index (χ0v) is 13.2. The lowest BCUT2D eigenvalue weighted by molar-refractivity contribution is 0.574. The summed E-state index contributed by atoms with van der Waals surface area (Å²) in [5.41, 5.74) is 2.32. The first-order chi connectivity index (χ1) is 10.1. The molecule has 1 nitrogen and oxygen atoms in total. The van der Waals surface area contributed by atoms with Crippen LogP contribution in [0.5, 0.6) is 0 Å². The summed E-state index contributed by atoms with van der Waals surface area (Å²) in [7, 11) is 0. The largest absolute Gasteiger partial charge is 0.241 e. The molecule has 0 spiro atoms. The summed E-state index contributed by atoms with van der Waals surface area (Å²) < 4.78 is 27.5. The van der Waals surface area contributed by atoms with E-state index in [0.717, 1.165) is 26.8 Å². The summed E-state index contributed by atoms with van der Waals surface area (Å²) in [6.45, 7) is 0. The van der Waals surface area contributed by atoms with Crippen LogP contribution in [0.1, 0.15) is 10.6 Å². The SMILES string of the molecule is Fc1ccc(Cc2nc(-c3cccc(Br)c3)cs2)c(F)c1. The van der Waals surface area contributed by atoms with E-state index in [4.69, 9.17) is 0 Å². The number of rotatable bonds is 3. The lowest BCUT2D eigenvalue weighted by Gasteiger charge is -2.00. The van der Waals surface area contributed by atoms with Gasteiger partial charge in [0.05, 0.1) is 10.7 Å². The standard InChI is InChI=1S/C16H10BrF2NS/c17-12-3-1-2-11(6-12)15-9-21-16(20-15)7-10-4-5-13(18)8-14(10)19/h1-6,8-9H,7H2. The van der Waals surface area contributed by atoms with Gasteiger partial charge >= 0.3 is 0 Å². The molecule has 0 aliphatic heterocycles. The number of benzene rings is 2. The van der Waals surface area contributed by atoms with Crippen molar-refractivity contribution in [1.82, 2.24) is 4.98 Å². The minimum atomic E-state index is -0.565. The highest BCUT2D eigenvalue weighted by atomic mass is 79.9. The van der Waals surface area contributed by atoms with Crippen molar-refractivity contribution in [2.45, 2.75) is 6.42 Å². The smallest absolute Gasteiger partial charge is 0.129 e. The predicted octanol–water partition coefficient (Wildman–Crippen LogP) is 5.44. The fourth-order valence-electron chi connectivity index (χ4n) is 2.00. The molecule has 5 heteroatoms. The Balaban J connectivity index is 1.85. The van der Waals surface area contributed by atoms with Crippen molar-refractivity contribution in [1.29, 1.82) is 0 Å². The summed E-state index contributed by atoms with van der Waals surface area (Å²) in [5.74, 6) is -1.10. The molecule has 0 fully saturated rings. The van der Waals surface area contributed by atoms with E-state index in [9.17, 15) is 8.78 Å². The Kier molecular flexibility index (Phi) is 4.12. The van der Waals surface area contributed by atoms with Gasteiger partial charge in [-0.15, -0.1) is 11.3 Å². The van der Waals surface area contributed by atoms with E-state index in [1.165, 1.54) is 23.5 Å². The summed E-state index contributed by atoms with van der Waals surface area (Å²) in [4.78, 5) is 4.52. The second kappa shape index (κ2) is 6.03. The van der Waals surface area contributed by atoms with Crippen molar-refractivity contribution in [3.63, 3.8) is 0 Å². The van der Waals surface area contributed by atoms with Gasteiger partial charge in [0.25, 0.3) is 0 Å². The number of hydrogen-bond donors (Lipinski definition) is 0. The molecule has 0 saturated carbocycles. The maximum Gasteiger partial charge on any atom is 0.129 e. The van der Waals surface area contributed by atoms with Gasteiger partial charge < -0.3 is 0 Å². The zero-order chi connectivity index (χ0) is 14.8. The van der Waals surface area contributed by atoms with Crippen LogP contribution >= 0.6 is 27.3 Å². The lowest BCUT2D eigenvalue weighted by atomic mass is 10.1. The molecule has 0 aliphatic rings. The van der Waals surface area contributed by atoms with Gasteiger partial charge in [-0.1, -0.05) is 34.1 Å². The Bertz CT molecular complexity index is 785. The number of thiazole rings is 1. The molecule has 0 aliphatic carbocycles. The normalized spacial score (nSPS) is 10.8. The second-order valence-electron chi connectivity index (χ2n) is 4.55. The zero-order valence-electron chi connectivity index (χ0n) is 10.8. The van der Waals surface area contributed by atoms with Gasteiger partial charge in [-0.05, 0) is 23.8 Å². The van der Waals surface area contributed by atoms with Gasteiger partial charge in [0.2, 0.25) is 0 Å². The minimum absolute atomic E-state index is 0.366. The number of halogens is 3. The van der Waals surface area contributed by atoms with Crippen LogP contribution in [0.4, 0.5) is 8.78 Å². The molecule has 106 valence electrons. The highest BCUT2D eigenvalue weighted by molar-refractivity contribution is 9.10. The highest BCUT2D eigenvalue weighted by Gasteiger charge is 2.09. The summed E-state index contributed by atoms with van der Waals surface area (Å²) in [5, 5.41) is 2.74. The summed E-state index contributed by atoms with van der Waals surface area (Å²) >= 11 is 4.90. The van der Waals surface area contributed by atoms with E-state index < -0.39 is 11.6 Å². The summed E-state index contributed by atoms with van der Waals surface area (Å²) in [6, 6.07) is 11.5. The van der Waals surface area contributed by atoms with Crippen molar-refractivity contribution in [2.24, 2.45) is 0 Å². The van der Waals surface area contributed by atoms with E-state index in [1.807, 2.05) is 29.6 Å². The third-order valence-electron chi connectivity index (χ3n) is 3.03. The van der Waals surface area contributed by atoms with Crippen molar-refractivity contribution in [3.05, 3.63) is 74.5 Å². The molecular formula is C16H10BrF2NS. The average molecular weight is 366 g/mol. The number of aromatic nitrogens is 1. The van der Waals surface area contributed by atoms with Crippen molar-refractivity contribution in [2.75, 3.05) is 0 Å². The van der Waals surface area contributed by atoms with E-state index in [-0.39, 0.29) is 0 Å². The van der Waals surface area contributed by atoms with Gasteiger partial charge in [-0.2, -0.15) is 0 Å². The maximum absolute atomic E-state index is 13.6. The molecule has 0 atom stereocenters. The first-order valence-corrected chi connectivity index (χ1v) is 7.93. The first kappa shape index (κ1) is 14.4. The van der Waals surface area contributed by atoms with Crippen LogP contribution in [0.15, 0.2) is 52.3 Å². The Morgan fingerprint density at radius 2 is 1.95 bits per heavy atom. The van der Waals surface area contributed by atoms with Gasteiger partial charge in [-0.3, -0.25) is 0 Å². The van der Waals surface area contributed by atoms with Crippen LogP contribution in [0, 0.1) is 11.6 Å². The van der Waals surface area contributed by atoms with Crippen LogP contribution in [0.2, 0.25) is 0 Å². The van der Waals surface area contributed by atoms with E-state index in [1.54, 1.807) is 0 Å². The molecule has 1 aromatic heterocycles. The van der Waals surface area contributed by atoms with Crippen LogP contribution in [-0.4, -0.2) is 4.98 Å². The van der Waals surface area contributed by atoms with E-state index >= 15 is 0 Å². The molecule has 1 heterocycles. The Morgan fingerprint density at radius 3 is 2.71 bits per heavy atom. The molecule has 3 aromatic rings. The van der Waals surface area contributed by atoms with Crippen LogP contribution < -0.4 is 0 Å². The molecule has 0 bridgehead atoms. The van der Waals surface area contributed by atoms with Crippen LogP contribution in [-0.2, 0) is 6.42 Å².